The van der Waals surface area contributed by atoms with Crippen molar-refractivity contribution in [2.45, 2.75) is 63.9 Å². The zero-order valence-electron chi connectivity index (χ0n) is 28.5. The summed E-state index contributed by atoms with van der Waals surface area (Å²) in [6, 6.07) is 9.67. The smallest absolute Gasteiger partial charge is 0.276 e. The molecule has 3 aliphatic heterocycles. The van der Waals surface area contributed by atoms with Gasteiger partial charge in [-0.3, -0.25) is 18.7 Å². The number of amides is 2. The molecule has 5 heterocycles. The third-order valence-electron chi connectivity index (χ3n) is 9.30. The molecule has 1 fully saturated rings. The van der Waals surface area contributed by atoms with Gasteiger partial charge in [0.1, 0.15) is 23.6 Å². The number of nitrogens with one attached hydrogen (secondary N) is 1. The van der Waals surface area contributed by atoms with Crippen molar-refractivity contribution in [3.63, 3.8) is 0 Å². The predicted octanol–water partition coefficient (Wildman–Crippen LogP) is 1.78. The van der Waals surface area contributed by atoms with Gasteiger partial charge in [0.15, 0.2) is 29.3 Å². The molecule has 0 radical (unpaired) electrons. The van der Waals surface area contributed by atoms with E-state index in [2.05, 4.69) is 55.4 Å². The maximum absolute atomic E-state index is 13.5. The van der Waals surface area contributed by atoms with Crippen molar-refractivity contribution in [2.24, 2.45) is 22.5 Å². The molecule has 1 saturated heterocycles. The summed E-state index contributed by atoms with van der Waals surface area (Å²) in [4.78, 5) is 38.7. The molecule has 268 valence electrons. The van der Waals surface area contributed by atoms with Crippen molar-refractivity contribution >= 4 is 52.1 Å². The van der Waals surface area contributed by atoms with Crippen molar-refractivity contribution in [3.8, 4) is 16.9 Å². The van der Waals surface area contributed by atoms with E-state index < -0.39 is 29.5 Å². The number of aromatic nitrogens is 2. The lowest BCUT2D eigenvalue weighted by Crippen LogP contribution is -2.76. The van der Waals surface area contributed by atoms with Gasteiger partial charge in [-0.1, -0.05) is 11.2 Å². The van der Waals surface area contributed by atoms with Crippen molar-refractivity contribution in [1.82, 2.24) is 15.4 Å². The average Bonchev–Trinajstić information content (AvgIpc) is 3.55. The summed E-state index contributed by atoms with van der Waals surface area (Å²) < 4.78 is 18.8. The highest BCUT2D eigenvalue weighted by Crippen LogP contribution is 2.35. The Hall–Kier alpha value is -4.00. The highest BCUT2D eigenvalue weighted by Gasteiger charge is 2.57. The number of thiazole rings is 1. The molecule has 0 bridgehead atoms. The number of anilines is 2. The number of hydroxylamine groups is 2. The second kappa shape index (κ2) is 15.1. The fraction of sp³-hybridized carbons (Fsp3) is 0.485. The Morgan fingerprint density at radius 2 is 2.08 bits per heavy atom. The summed E-state index contributed by atoms with van der Waals surface area (Å²) in [7, 11) is 1.42. The van der Waals surface area contributed by atoms with Gasteiger partial charge in [-0.15, -0.1) is 11.3 Å². The third kappa shape index (κ3) is 7.24. The van der Waals surface area contributed by atoms with Crippen LogP contribution in [0.15, 0.2) is 47.1 Å². The number of nitrogen functional groups attached to an aromatic ring is 1. The first-order valence-electron chi connectivity index (χ1n) is 16.5. The minimum atomic E-state index is -0.872. The molecule has 2 aromatic heterocycles. The van der Waals surface area contributed by atoms with Crippen LogP contribution in [0.3, 0.4) is 0 Å². The minimum Gasteiger partial charge on any atom is -0.486 e. The lowest BCUT2D eigenvalue weighted by atomic mass is 9.84. The Labute approximate surface area is 299 Å². The number of aryl methyl sites for hydroxylation is 1. The Morgan fingerprint density at radius 1 is 1.28 bits per heavy atom. The van der Waals surface area contributed by atoms with Crippen LogP contribution in [-0.2, 0) is 35.9 Å². The van der Waals surface area contributed by atoms with Crippen LogP contribution in [0, 0.1) is 5.92 Å². The highest BCUT2D eigenvalue weighted by atomic mass is 32.2. The summed E-state index contributed by atoms with van der Waals surface area (Å²) in [6.45, 7) is 9.14. The number of carbonyl (C=O) groups excluding carboxylic acids is 2. The Morgan fingerprint density at radius 3 is 2.78 bits per heavy atom. The quantitative estimate of drug-likeness (QED) is 0.0657. The first-order chi connectivity index (χ1) is 24.0. The Bertz CT molecular complexity index is 1750. The molecule has 7 N–H and O–H groups in total. The van der Waals surface area contributed by atoms with Crippen LogP contribution in [0.5, 0.6) is 5.75 Å². The van der Waals surface area contributed by atoms with Crippen LogP contribution in [0.4, 0.5) is 10.9 Å². The van der Waals surface area contributed by atoms with Gasteiger partial charge in [0.2, 0.25) is 0 Å². The maximum atomic E-state index is 13.5. The zero-order chi connectivity index (χ0) is 35.6. The van der Waals surface area contributed by atoms with E-state index in [1.165, 1.54) is 7.11 Å². The molecule has 2 amide bonds. The molecular formula is C33H44N9O6S2+. The minimum absolute atomic E-state index is 0.105. The van der Waals surface area contributed by atoms with Gasteiger partial charge in [0.25, 0.3) is 17.6 Å². The molecule has 0 saturated carbocycles. The summed E-state index contributed by atoms with van der Waals surface area (Å²) >= 11 is 1.82. The third-order valence-corrected chi connectivity index (χ3v) is 10.3. The maximum Gasteiger partial charge on any atom is 0.276 e. The summed E-state index contributed by atoms with van der Waals surface area (Å²) in [5, 5.41) is 9.98. The molecule has 0 aliphatic carbocycles. The van der Waals surface area contributed by atoms with Crippen LogP contribution in [-0.4, -0.2) is 84.7 Å². The average molecular weight is 727 g/mol. The monoisotopic (exact) mass is 726 g/mol. The molecule has 50 heavy (non-hydrogen) atoms. The number of ether oxygens (including phenoxy) is 1. The first-order valence-corrected chi connectivity index (χ1v) is 18.0. The Balaban J connectivity index is 1.13. The topological polar surface area (TPSA) is 197 Å². The fourth-order valence-corrected chi connectivity index (χ4v) is 7.44. The van der Waals surface area contributed by atoms with Crippen LogP contribution in [0.2, 0.25) is 0 Å². The zero-order valence-corrected chi connectivity index (χ0v) is 30.2. The number of fused-ring (bicyclic) bond motifs is 2. The SMILES string of the molecule is COSON1C(=O)C(NC(=O)/C(=N\OC(C)C2CCc3cc(-c4ccc5[n+](c4)CC(CN)CN5CCN)ccc3O2)c2csc(N)n2)C1(C)C. The van der Waals surface area contributed by atoms with Crippen molar-refractivity contribution in [2.75, 3.05) is 43.9 Å². The predicted molar refractivity (Wildman–Crippen MR) is 191 cm³/mol. The summed E-state index contributed by atoms with van der Waals surface area (Å²) in [5.41, 5.74) is 20.4. The number of carbonyl (C=O) groups is 2. The standard InChI is InChI=1S/C33H43N9O6S2/c1-19(47-39-28(24-18-49-32(36)37-24)30(43)38-29-31(44)42(33(29,2)3)48-50-45-4)25-8-6-22-13-21(5-9-26(22)46-25)23-7-10-27-40(12-11-34)15-20(14-35)16-41(27)17-23/h5,7,9-10,13,17-20,25,29H,6,8,11-12,14-16,34-35H2,1-4H3,(H2-,36,37,38,43)/p+1/b39-28-. The number of hydrogen-bond acceptors (Lipinski definition) is 14. The molecule has 3 aliphatic rings. The van der Waals surface area contributed by atoms with E-state index >= 15 is 0 Å². The molecule has 17 heteroatoms. The lowest BCUT2D eigenvalue weighted by Gasteiger charge is -2.50. The van der Waals surface area contributed by atoms with E-state index in [-0.39, 0.29) is 22.6 Å². The van der Waals surface area contributed by atoms with Gasteiger partial charge < -0.3 is 32.1 Å². The molecule has 1 aromatic carbocycles. The second-order valence-electron chi connectivity index (χ2n) is 13.1. The first kappa shape index (κ1) is 35.8. The van der Waals surface area contributed by atoms with E-state index in [1.807, 2.05) is 13.0 Å². The summed E-state index contributed by atoms with van der Waals surface area (Å²) in [6.07, 6.45) is 2.82. The molecule has 4 unspecified atom stereocenters. The van der Waals surface area contributed by atoms with Gasteiger partial charge in [0.05, 0.1) is 38.5 Å². The van der Waals surface area contributed by atoms with Crippen molar-refractivity contribution < 1.29 is 32.2 Å². The molecule has 4 atom stereocenters. The van der Waals surface area contributed by atoms with E-state index in [4.69, 9.17) is 35.2 Å². The van der Waals surface area contributed by atoms with Gasteiger partial charge >= 0.3 is 0 Å². The number of nitrogens with two attached hydrogens (primary N) is 3. The van der Waals surface area contributed by atoms with E-state index in [0.717, 1.165) is 70.7 Å². The van der Waals surface area contributed by atoms with Crippen molar-refractivity contribution in [1.29, 1.82) is 0 Å². The molecule has 3 aromatic rings. The number of benzene rings is 1. The van der Waals surface area contributed by atoms with Gasteiger partial charge in [-0.25, -0.2) is 9.55 Å². The molecule has 6 rings (SSSR count). The van der Waals surface area contributed by atoms with Crippen LogP contribution in [0.1, 0.15) is 38.4 Å². The van der Waals surface area contributed by atoms with Gasteiger partial charge in [-0.05, 0) is 62.9 Å². The number of rotatable bonds is 13. The number of hydrogen-bond donors (Lipinski definition) is 4. The van der Waals surface area contributed by atoms with E-state index in [1.54, 1.807) is 19.2 Å². The molecule has 15 nitrogen and oxygen atoms in total. The van der Waals surface area contributed by atoms with Crippen LogP contribution in [0.25, 0.3) is 11.1 Å². The van der Waals surface area contributed by atoms with E-state index in [0.29, 0.717) is 37.8 Å². The number of β-lactam (4-membered cyclic amide) rings is 1. The fourth-order valence-electron chi connectivity index (χ4n) is 6.50. The van der Waals surface area contributed by atoms with E-state index in [9.17, 15) is 9.59 Å². The van der Waals surface area contributed by atoms with Crippen molar-refractivity contribution in [3.05, 3.63) is 53.2 Å². The molecular weight excluding hydrogens is 683 g/mol. The largest absolute Gasteiger partial charge is 0.486 e. The highest BCUT2D eigenvalue weighted by molar-refractivity contribution is 7.89. The van der Waals surface area contributed by atoms with Crippen LogP contribution >= 0.6 is 23.7 Å². The lowest BCUT2D eigenvalue weighted by molar-refractivity contribution is -0.694. The summed E-state index contributed by atoms with van der Waals surface area (Å²) in [5.74, 6) is 1.23. The van der Waals surface area contributed by atoms with Gasteiger partial charge in [0, 0.05) is 36.0 Å². The Kier molecular flexibility index (Phi) is 10.8. The van der Waals surface area contributed by atoms with Crippen LogP contribution < -0.4 is 36.7 Å². The number of nitrogens with zero attached hydrogens (tertiary/aromatic N) is 5. The number of pyridine rings is 1. The second-order valence-corrected chi connectivity index (χ2v) is 14.6. The number of oxime groups is 1. The molecule has 0 spiro atoms. The normalized spacial score (nSPS) is 21.8. The van der Waals surface area contributed by atoms with Gasteiger partial charge in [-0.2, -0.15) is 9.35 Å².